The first-order chi connectivity index (χ1) is 9.24. The van der Waals surface area contributed by atoms with Crippen LogP contribution in [0.3, 0.4) is 0 Å². The van der Waals surface area contributed by atoms with Crippen molar-refractivity contribution in [3.8, 4) is 5.75 Å². The van der Waals surface area contributed by atoms with Crippen LogP contribution in [0.5, 0.6) is 5.75 Å². The van der Waals surface area contributed by atoms with Gasteiger partial charge in [0.25, 0.3) is 0 Å². The molecule has 0 saturated heterocycles. The predicted molar refractivity (Wildman–Crippen MR) is 80.4 cm³/mol. The van der Waals surface area contributed by atoms with E-state index in [0.29, 0.717) is 0 Å². The van der Waals surface area contributed by atoms with E-state index in [4.69, 9.17) is 4.74 Å². The Morgan fingerprint density at radius 3 is 2.84 bits per heavy atom. The van der Waals surface area contributed by atoms with Gasteiger partial charge in [0, 0.05) is 22.9 Å². The zero-order valence-electron chi connectivity index (χ0n) is 11.1. The van der Waals surface area contributed by atoms with Gasteiger partial charge in [-0.05, 0) is 48.9 Å². The Morgan fingerprint density at radius 1 is 1.37 bits per heavy atom. The van der Waals surface area contributed by atoms with Crippen LogP contribution in [0, 0.1) is 0 Å². The van der Waals surface area contributed by atoms with Gasteiger partial charge in [0.05, 0.1) is 7.11 Å². The number of rotatable bonds is 5. The van der Waals surface area contributed by atoms with E-state index in [0.717, 1.165) is 16.6 Å². The number of methoxy groups -OCH3 is 1. The summed E-state index contributed by atoms with van der Waals surface area (Å²) in [5.74, 6) is 0.874. The van der Waals surface area contributed by atoms with Crippen LogP contribution < -0.4 is 10.1 Å². The van der Waals surface area contributed by atoms with Gasteiger partial charge >= 0.3 is 0 Å². The molecule has 1 unspecified atom stereocenters. The number of aromatic nitrogens is 1. The van der Waals surface area contributed by atoms with Crippen molar-refractivity contribution >= 4 is 15.9 Å². The van der Waals surface area contributed by atoms with Gasteiger partial charge in [-0.1, -0.05) is 22.0 Å². The fourth-order valence-electron chi connectivity index (χ4n) is 2.02. The van der Waals surface area contributed by atoms with E-state index in [1.54, 1.807) is 13.3 Å². The molecule has 1 aromatic heterocycles. The van der Waals surface area contributed by atoms with Crippen LogP contribution in [0.4, 0.5) is 0 Å². The molecule has 0 bridgehead atoms. The van der Waals surface area contributed by atoms with Crippen LogP contribution in [0.2, 0.25) is 0 Å². The number of hydrogen-bond donors (Lipinski definition) is 1. The number of nitrogens with zero attached hydrogens (tertiary/aromatic N) is 1. The highest BCUT2D eigenvalue weighted by molar-refractivity contribution is 9.10. The highest BCUT2D eigenvalue weighted by atomic mass is 79.9. The molecule has 0 aliphatic carbocycles. The number of halogens is 1. The maximum absolute atomic E-state index is 5.28. The number of hydrogen-bond acceptors (Lipinski definition) is 3. The lowest BCUT2D eigenvalue weighted by molar-refractivity contribution is 0.414. The van der Waals surface area contributed by atoms with Crippen molar-refractivity contribution in [2.45, 2.75) is 12.5 Å². The van der Waals surface area contributed by atoms with Crippen LogP contribution >= 0.6 is 15.9 Å². The monoisotopic (exact) mass is 320 g/mol. The summed E-state index contributed by atoms with van der Waals surface area (Å²) in [6, 6.07) is 10.3. The number of pyridine rings is 1. The van der Waals surface area contributed by atoms with E-state index in [1.165, 1.54) is 11.1 Å². The quantitative estimate of drug-likeness (QED) is 0.917. The van der Waals surface area contributed by atoms with E-state index >= 15 is 0 Å². The van der Waals surface area contributed by atoms with Crippen molar-refractivity contribution in [1.29, 1.82) is 0 Å². The average Bonchev–Trinajstić information content (AvgIpc) is 2.47. The molecule has 1 heterocycles. The van der Waals surface area contributed by atoms with E-state index in [2.05, 4.69) is 38.4 Å². The van der Waals surface area contributed by atoms with Gasteiger partial charge in [-0.2, -0.15) is 0 Å². The average molecular weight is 321 g/mol. The number of ether oxygens (including phenoxy) is 1. The van der Waals surface area contributed by atoms with Crippen molar-refractivity contribution in [1.82, 2.24) is 10.3 Å². The van der Waals surface area contributed by atoms with Gasteiger partial charge in [-0.3, -0.25) is 4.98 Å². The molecular formula is C15H17BrN2O. The second-order valence-corrected chi connectivity index (χ2v) is 5.14. The summed E-state index contributed by atoms with van der Waals surface area (Å²) in [4.78, 5) is 4.17. The van der Waals surface area contributed by atoms with E-state index in [-0.39, 0.29) is 6.04 Å². The van der Waals surface area contributed by atoms with Crippen LogP contribution in [-0.2, 0) is 6.42 Å². The fraction of sp³-hybridized carbons (Fsp3) is 0.267. The molecule has 4 heteroatoms. The second kappa shape index (κ2) is 6.68. The maximum atomic E-state index is 5.28. The predicted octanol–water partition coefficient (Wildman–Crippen LogP) is 3.36. The first kappa shape index (κ1) is 14.0. The highest BCUT2D eigenvalue weighted by Crippen LogP contribution is 2.27. The van der Waals surface area contributed by atoms with Gasteiger partial charge in [0.1, 0.15) is 5.75 Å². The van der Waals surface area contributed by atoms with Crippen LogP contribution in [-0.4, -0.2) is 19.1 Å². The van der Waals surface area contributed by atoms with Gasteiger partial charge in [-0.25, -0.2) is 0 Å². The van der Waals surface area contributed by atoms with Crippen LogP contribution in [0.25, 0.3) is 0 Å². The number of nitrogens with one attached hydrogen (secondary N) is 1. The van der Waals surface area contributed by atoms with Gasteiger partial charge in [-0.15, -0.1) is 0 Å². The molecule has 19 heavy (non-hydrogen) atoms. The second-order valence-electron chi connectivity index (χ2n) is 4.29. The van der Waals surface area contributed by atoms with Crippen molar-refractivity contribution in [3.63, 3.8) is 0 Å². The minimum absolute atomic E-state index is 0.233. The minimum Gasteiger partial charge on any atom is -0.497 e. The summed E-state index contributed by atoms with van der Waals surface area (Å²) in [7, 11) is 3.65. The lowest BCUT2D eigenvalue weighted by Crippen LogP contribution is -2.19. The van der Waals surface area contributed by atoms with Crippen molar-refractivity contribution < 1.29 is 4.74 Å². The van der Waals surface area contributed by atoms with Crippen molar-refractivity contribution in [3.05, 3.63) is 58.3 Å². The SMILES string of the molecule is CNC(Cc1cc(OC)ccc1Br)c1cccnc1. The molecule has 0 saturated carbocycles. The van der Waals surface area contributed by atoms with E-state index in [9.17, 15) is 0 Å². The molecule has 0 spiro atoms. The van der Waals surface area contributed by atoms with Crippen molar-refractivity contribution in [2.24, 2.45) is 0 Å². The third-order valence-electron chi connectivity index (χ3n) is 3.11. The molecular weight excluding hydrogens is 304 g/mol. The largest absolute Gasteiger partial charge is 0.497 e. The summed E-state index contributed by atoms with van der Waals surface area (Å²) in [6.45, 7) is 0. The molecule has 0 radical (unpaired) electrons. The molecule has 2 rings (SSSR count). The summed E-state index contributed by atoms with van der Waals surface area (Å²) in [5, 5.41) is 3.33. The topological polar surface area (TPSA) is 34.1 Å². The summed E-state index contributed by atoms with van der Waals surface area (Å²) in [5.41, 5.74) is 2.39. The molecule has 100 valence electrons. The Balaban J connectivity index is 2.23. The first-order valence-electron chi connectivity index (χ1n) is 6.14. The molecule has 1 atom stereocenters. The lowest BCUT2D eigenvalue weighted by Gasteiger charge is -2.17. The third-order valence-corrected chi connectivity index (χ3v) is 3.89. The molecule has 0 aliphatic heterocycles. The first-order valence-corrected chi connectivity index (χ1v) is 6.93. The number of likely N-dealkylation sites (N-methyl/N-ethyl adjacent to an activating group) is 1. The molecule has 1 aromatic carbocycles. The summed E-state index contributed by atoms with van der Waals surface area (Å²) < 4.78 is 6.37. The molecule has 0 aliphatic rings. The van der Waals surface area contributed by atoms with Crippen LogP contribution in [0.15, 0.2) is 47.2 Å². The Morgan fingerprint density at radius 2 is 2.21 bits per heavy atom. The Labute approximate surface area is 122 Å². The fourth-order valence-corrected chi connectivity index (χ4v) is 2.43. The van der Waals surface area contributed by atoms with E-state index < -0.39 is 0 Å². The maximum Gasteiger partial charge on any atom is 0.119 e. The minimum atomic E-state index is 0.233. The van der Waals surface area contributed by atoms with Gasteiger partial charge < -0.3 is 10.1 Å². The molecule has 1 N–H and O–H groups in total. The van der Waals surface area contributed by atoms with Gasteiger partial charge in [0.15, 0.2) is 0 Å². The standard InChI is InChI=1S/C15H17BrN2O/c1-17-15(11-4-3-7-18-10-11)9-12-8-13(19-2)5-6-14(12)16/h3-8,10,15,17H,9H2,1-2H3. The molecule has 2 aromatic rings. The smallest absolute Gasteiger partial charge is 0.119 e. The van der Waals surface area contributed by atoms with E-state index in [1.807, 2.05) is 31.4 Å². The highest BCUT2D eigenvalue weighted by Gasteiger charge is 2.12. The third kappa shape index (κ3) is 3.55. The zero-order valence-corrected chi connectivity index (χ0v) is 12.6. The van der Waals surface area contributed by atoms with Crippen LogP contribution in [0.1, 0.15) is 17.2 Å². The Kier molecular flexibility index (Phi) is 4.93. The number of benzene rings is 1. The van der Waals surface area contributed by atoms with Crippen molar-refractivity contribution in [2.75, 3.05) is 14.2 Å². The Bertz CT molecular complexity index is 531. The zero-order chi connectivity index (χ0) is 13.7. The molecule has 0 amide bonds. The normalized spacial score (nSPS) is 12.2. The Hall–Kier alpha value is -1.39. The summed E-state index contributed by atoms with van der Waals surface area (Å²) in [6.07, 6.45) is 4.56. The molecule has 3 nitrogen and oxygen atoms in total. The summed E-state index contributed by atoms with van der Waals surface area (Å²) >= 11 is 3.59. The molecule has 0 fully saturated rings. The van der Waals surface area contributed by atoms with Gasteiger partial charge in [0.2, 0.25) is 0 Å². The lowest BCUT2D eigenvalue weighted by atomic mass is 10.0.